The molecule has 1 heterocycles. The zero-order valence-electron chi connectivity index (χ0n) is 13.3. The minimum atomic E-state index is -0.640. The Balaban J connectivity index is 2.14. The molecule has 0 saturated carbocycles. The molecule has 2 heteroatoms. The van der Waals surface area contributed by atoms with Crippen LogP contribution in [0.15, 0.2) is 48.5 Å². The van der Waals surface area contributed by atoms with Crippen molar-refractivity contribution < 1.29 is 9.53 Å². The van der Waals surface area contributed by atoms with Gasteiger partial charge in [0.1, 0.15) is 11.2 Å². The summed E-state index contributed by atoms with van der Waals surface area (Å²) < 4.78 is 5.59. The van der Waals surface area contributed by atoms with Crippen LogP contribution in [-0.2, 0) is 16.6 Å². The Labute approximate surface area is 132 Å². The molecule has 0 radical (unpaired) electrons. The van der Waals surface area contributed by atoms with Crippen LogP contribution in [0.2, 0.25) is 0 Å². The van der Waals surface area contributed by atoms with Gasteiger partial charge in [0, 0.05) is 5.56 Å². The first-order chi connectivity index (χ1) is 10.7. The van der Waals surface area contributed by atoms with E-state index in [-0.39, 0.29) is 5.97 Å². The van der Waals surface area contributed by atoms with Crippen molar-refractivity contribution in [3.8, 4) is 5.75 Å². The minimum absolute atomic E-state index is 0.133. The molecule has 2 aromatic rings. The van der Waals surface area contributed by atoms with E-state index in [9.17, 15) is 4.79 Å². The second kappa shape index (κ2) is 5.96. The lowest BCUT2D eigenvalue weighted by molar-refractivity contribution is -0.137. The predicted octanol–water partition coefficient (Wildman–Crippen LogP) is 4.64. The highest BCUT2D eigenvalue weighted by Crippen LogP contribution is 2.47. The lowest BCUT2D eigenvalue weighted by Crippen LogP contribution is -2.35. The van der Waals surface area contributed by atoms with Crippen LogP contribution in [0.1, 0.15) is 49.8 Å². The van der Waals surface area contributed by atoms with Gasteiger partial charge in [0.15, 0.2) is 0 Å². The summed E-state index contributed by atoms with van der Waals surface area (Å²) in [5, 5.41) is 0. The van der Waals surface area contributed by atoms with Crippen LogP contribution in [0.5, 0.6) is 5.75 Å². The SMILES string of the molecule is CCCCC1(c2ccc(CC)cc2)C(=O)Oc2ccccc21. The van der Waals surface area contributed by atoms with E-state index in [1.54, 1.807) is 0 Å². The van der Waals surface area contributed by atoms with Crippen molar-refractivity contribution in [2.24, 2.45) is 0 Å². The number of fused-ring (bicyclic) bond motifs is 1. The van der Waals surface area contributed by atoms with E-state index < -0.39 is 5.41 Å². The number of hydrogen-bond acceptors (Lipinski definition) is 2. The standard InChI is InChI=1S/C20H22O2/c1-3-5-14-20(16-12-10-15(4-2)11-13-16)17-8-6-7-9-18(17)22-19(20)21/h6-13H,3-5,14H2,1-2H3. The van der Waals surface area contributed by atoms with E-state index in [2.05, 4.69) is 38.1 Å². The normalized spacial score (nSPS) is 19.8. The number of esters is 1. The van der Waals surface area contributed by atoms with Crippen LogP contribution in [0.25, 0.3) is 0 Å². The fourth-order valence-electron chi connectivity index (χ4n) is 3.33. The van der Waals surface area contributed by atoms with E-state index >= 15 is 0 Å². The van der Waals surface area contributed by atoms with Gasteiger partial charge in [0.25, 0.3) is 0 Å². The van der Waals surface area contributed by atoms with Gasteiger partial charge in [-0.05, 0) is 30.0 Å². The molecule has 1 unspecified atom stereocenters. The summed E-state index contributed by atoms with van der Waals surface area (Å²) in [5.74, 6) is 0.578. The van der Waals surface area contributed by atoms with Crippen molar-refractivity contribution in [1.29, 1.82) is 0 Å². The van der Waals surface area contributed by atoms with Crippen molar-refractivity contribution in [3.63, 3.8) is 0 Å². The van der Waals surface area contributed by atoms with Crippen molar-refractivity contribution in [2.75, 3.05) is 0 Å². The number of para-hydroxylation sites is 1. The molecule has 2 aromatic carbocycles. The molecule has 22 heavy (non-hydrogen) atoms. The molecule has 0 spiro atoms. The quantitative estimate of drug-likeness (QED) is 0.593. The topological polar surface area (TPSA) is 26.3 Å². The first kappa shape index (κ1) is 14.8. The second-order valence-electron chi connectivity index (χ2n) is 5.95. The number of benzene rings is 2. The third kappa shape index (κ3) is 2.23. The van der Waals surface area contributed by atoms with Crippen molar-refractivity contribution in [3.05, 3.63) is 65.2 Å². The van der Waals surface area contributed by atoms with Gasteiger partial charge in [-0.25, -0.2) is 0 Å². The van der Waals surface area contributed by atoms with Crippen LogP contribution >= 0.6 is 0 Å². The van der Waals surface area contributed by atoms with Gasteiger partial charge in [-0.3, -0.25) is 4.79 Å². The van der Waals surface area contributed by atoms with Crippen LogP contribution in [0.3, 0.4) is 0 Å². The molecule has 0 aromatic heterocycles. The van der Waals surface area contributed by atoms with Crippen molar-refractivity contribution in [2.45, 2.75) is 44.9 Å². The minimum Gasteiger partial charge on any atom is -0.425 e. The summed E-state index contributed by atoms with van der Waals surface area (Å²) in [6.45, 7) is 4.29. The number of hydrogen-bond donors (Lipinski definition) is 0. The summed E-state index contributed by atoms with van der Waals surface area (Å²) >= 11 is 0. The molecular weight excluding hydrogens is 272 g/mol. The number of carbonyl (C=O) groups excluding carboxylic acids is 1. The van der Waals surface area contributed by atoms with Gasteiger partial charge in [-0.1, -0.05) is 69.2 Å². The highest BCUT2D eigenvalue weighted by atomic mass is 16.5. The number of aryl methyl sites for hydroxylation is 1. The third-order valence-electron chi connectivity index (χ3n) is 4.66. The van der Waals surface area contributed by atoms with Gasteiger partial charge in [-0.15, -0.1) is 0 Å². The number of rotatable bonds is 5. The summed E-state index contributed by atoms with van der Waals surface area (Å²) in [6, 6.07) is 16.3. The highest BCUT2D eigenvalue weighted by Gasteiger charge is 2.49. The van der Waals surface area contributed by atoms with Crippen LogP contribution in [0, 0.1) is 0 Å². The first-order valence-corrected chi connectivity index (χ1v) is 8.13. The molecule has 1 atom stereocenters. The second-order valence-corrected chi connectivity index (χ2v) is 5.95. The predicted molar refractivity (Wildman–Crippen MR) is 88.2 cm³/mol. The van der Waals surface area contributed by atoms with E-state index in [0.29, 0.717) is 5.75 Å². The van der Waals surface area contributed by atoms with Crippen LogP contribution in [0.4, 0.5) is 0 Å². The fraction of sp³-hybridized carbons (Fsp3) is 0.350. The summed E-state index contributed by atoms with van der Waals surface area (Å²) in [6.07, 6.45) is 3.86. The molecule has 3 rings (SSSR count). The molecule has 1 aliphatic heterocycles. The molecule has 2 nitrogen and oxygen atoms in total. The van der Waals surface area contributed by atoms with Crippen LogP contribution < -0.4 is 4.74 Å². The lowest BCUT2D eigenvalue weighted by atomic mass is 9.72. The molecule has 1 aliphatic rings. The molecule has 0 bridgehead atoms. The van der Waals surface area contributed by atoms with Crippen LogP contribution in [-0.4, -0.2) is 5.97 Å². The van der Waals surface area contributed by atoms with E-state index in [1.165, 1.54) is 5.56 Å². The summed E-state index contributed by atoms with van der Waals surface area (Å²) in [7, 11) is 0. The molecule has 0 amide bonds. The Morgan fingerprint density at radius 3 is 2.41 bits per heavy atom. The van der Waals surface area contributed by atoms with E-state index in [1.807, 2.05) is 24.3 Å². The average Bonchev–Trinajstić information content (AvgIpc) is 2.85. The Bertz CT molecular complexity index is 672. The third-order valence-corrected chi connectivity index (χ3v) is 4.66. The number of ether oxygens (including phenoxy) is 1. The zero-order valence-corrected chi connectivity index (χ0v) is 13.3. The van der Waals surface area contributed by atoms with E-state index in [4.69, 9.17) is 4.74 Å². The number of carbonyl (C=O) groups is 1. The molecule has 0 saturated heterocycles. The molecule has 0 fully saturated rings. The molecular formula is C20H22O2. The number of unbranched alkanes of at least 4 members (excludes halogenated alkanes) is 1. The monoisotopic (exact) mass is 294 g/mol. The molecule has 0 N–H and O–H groups in total. The van der Waals surface area contributed by atoms with Crippen molar-refractivity contribution in [1.82, 2.24) is 0 Å². The Morgan fingerprint density at radius 1 is 1.00 bits per heavy atom. The Morgan fingerprint density at radius 2 is 1.73 bits per heavy atom. The molecule has 114 valence electrons. The average molecular weight is 294 g/mol. The maximum absolute atomic E-state index is 12.8. The fourth-order valence-corrected chi connectivity index (χ4v) is 3.33. The highest BCUT2D eigenvalue weighted by molar-refractivity contribution is 5.94. The van der Waals surface area contributed by atoms with Gasteiger partial charge in [0.05, 0.1) is 0 Å². The smallest absolute Gasteiger partial charge is 0.326 e. The Kier molecular flexibility index (Phi) is 4.02. The lowest BCUT2D eigenvalue weighted by Gasteiger charge is -2.26. The van der Waals surface area contributed by atoms with Gasteiger partial charge in [0.2, 0.25) is 0 Å². The van der Waals surface area contributed by atoms with Gasteiger partial charge in [-0.2, -0.15) is 0 Å². The van der Waals surface area contributed by atoms with Gasteiger partial charge >= 0.3 is 5.97 Å². The van der Waals surface area contributed by atoms with Gasteiger partial charge < -0.3 is 4.74 Å². The van der Waals surface area contributed by atoms with Crippen molar-refractivity contribution >= 4 is 5.97 Å². The molecule has 0 aliphatic carbocycles. The maximum atomic E-state index is 12.8. The maximum Gasteiger partial charge on any atom is 0.326 e. The Hall–Kier alpha value is -2.09. The van der Waals surface area contributed by atoms with E-state index in [0.717, 1.165) is 36.8 Å². The zero-order chi connectivity index (χ0) is 15.6. The summed E-state index contributed by atoms with van der Waals surface area (Å²) in [5.41, 5.74) is 2.71. The largest absolute Gasteiger partial charge is 0.425 e. The first-order valence-electron chi connectivity index (χ1n) is 8.13. The summed E-state index contributed by atoms with van der Waals surface area (Å²) in [4.78, 5) is 12.8.